The molecular formula is C60H49N3S2. The van der Waals surface area contributed by atoms with Crippen LogP contribution >= 0.6 is 22.7 Å². The van der Waals surface area contributed by atoms with Crippen LogP contribution in [-0.2, 0) is 10.8 Å². The van der Waals surface area contributed by atoms with Crippen molar-refractivity contribution in [1.82, 2.24) is 4.40 Å². The zero-order valence-electron chi connectivity index (χ0n) is 37.6. The largest absolute Gasteiger partial charge is 0.310 e. The van der Waals surface area contributed by atoms with Gasteiger partial charge in [-0.05, 0) is 130 Å². The maximum atomic E-state index is 2.61. The van der Waals surface area contributed by atoms with Crippen LogP contribution in [0.3, 0.4) is 0 Å². The lowest BCUT2D eigenvalue weighted by Gasteiger charge is -2.28. The predicted octanol–water partition coefficient (Wildman–Crippen LogP) is 18.5. The van der Waals surface area contributed by atoms with Gasteiger partial charge >= 0.3 is 0 Å². The van der Waals surface area contributed by atoms with E-state index in [9.17, 15) is 0 Å². The number of thiophene rings is 2. The molecule has 316 valence electrons. The Balaban J connectivity index is 1.09. The minimum Gasteiger partial charge on any atom is -0.310 e. The van der Waals surface area contributed by atoms with Crippen LogP contribution in [0.5, 0.6) is 0 Å². The second-order valence-electron chi connectivity index (χ2n) is 19.5. The van der Waals surface area contributed by atoms with E-state index in [-0.39, 0.29) is 10.8 Å². The van der Waals surface area contributed by atoms with Gasteiger partial charge in [-0.2, -0.15) is 0 Å². The molecule has 0 unspecified atom stereocenters. The second kappa shape index (κ2) is 14.8. The van der Waals surface area contributed by atoms with E-state index < -0.39 is 0 Å². The summed E-state index contributed by atoms with van der Waals surface area (Å²) in [5, 5.41) is 5.20. The van der Waals surface area contributed by atoms with Gasteiger partial charge in [-0.25, -0.2) is 0 Å². The fraction of sp³-hybridized carbons (Fsp3) is 0.133. The summed E-state index contributed by atoms with van der Waals surface area (Å²) in [7, 11) is 0. The monoisotopic (exact) mass is 875 g/mol. The van der Waals surface area contributed by atoms with E-state index in [1.54, 1.807) is 0 Å². The number of benzene rings is 8. The number of fused-ring (bicyclic) bond motifs is 10. The van der Waals surface area contributed by atoms with E-state index in [0.717, 1.165) is 34.1 Å². The Kier molecular flexibility index (Phi) is 9.04. The molecule has 0 saturated heterocycles. The van der Waals surface area contributed by atoms with Gasteiger partial charge in [-0.1, -0.05) is 133 Å². The SMILES string of the molecule is CC(C)(C)c1ccc(N(c2ccccc2)c2ccc3c(c2)sc2c4cc(-c5ccccc5)cc5c6sc7cc(N(c8ccccc8)c8cccc(C(C)(C)C)c8)ccc7c6n(c45)c32)cc1. The second-order valence-corrected chi connectivity index (χ2v) is 21.6. The first kappa shape index (κ1) is 39.7. The van der Waals surface area contributed by atoms with Crippen LogP contribution in [0.1, 0.15) is 52.7 Å². The van der Waals surface area contributed by atoms with Crippen LogP contribution in [-0.4, -0.2) is 4.40 Å². The molecular weight excluding hydrogens is 827 g/mol. The molecule has 0 amide bonds. The first-order valence-corrected chi connectivity index (χ1v) is 24.2. The number of anilines is 6. The third-order valence-corrected chi connectivity index (χ3v) is 15.5. The molecule has 0 aliphatic carbocycles. The van der Waals surface area contributed by atoms with Gasteiger partial charge in [0.15, 0.2) is 0 Å². The fourth-order valence-corrected chi connectivity index (χ4v) is 12.3. The van der Waals surface area contributed by atoms with E-state index >= 15 is 0 Å². The number of nitrogens with zero attached hydrogens (tertiary/aromatic N) is 3. The molecule has 65 heavy (non-hydrogen) atoms. The zero-order valence-corrected chi connectivity index (χ0v) is 39.2. The molecule has 12 rings (SSSR count). The molecule has 4 aromatic heterocycles. The molecule has 0 N–H and O–H groups in total. The first-order chi connectivity index (χ1) is 31.5. The molecule has 0 bridgehead atoms. The van der Waals surface area contributed by atoms with Crippen LogP contribution < -0.4 is 9.80 Å². The molecule has 0 fully saturated rings. The lowest BCUT2D eigenvalue weighted by Crippen LogP contribution is -2.14. The highest BCUT2D eigenvalue weighted by atomic mass is 32.1. The van der Waals surface area contributed by atoms with Crippen molar-refractivity contribution in [2.75, 3.05) is 9.80 Å². The van der Waals surface area contributed by atoms with Crippen molar-refractivity contribution in [2.45, 2.75) is 52.4 Å². The highest BCUT2D eigenvalue weighted by Crippen LogP contribution is 2.52. The summed E-state index contributed by atoms with van der Waals surface area (Å²) < 4.78 is 7.85. The highest BCUT2D eigenvalue weighted by molar-refractivity contribution is 7.27. The zero-order chi connectivity index (χ0) is 44.2. The van der Waals surface area contributed by atoms with E-state index in [1.807, 2.05) is 22.7 Å². The summed E-state index contributed by atoms with van der Waals surface area (Å²) in [6, 6.07) is 69.7. The lowest BCUT2D eigenvalue weighted by molar-refractivity contribution is 0.590. The van der Waals surface area contributed by atoms with Gasteiger partial charge < -0.3 is 14.2 Å². The summed E-state index contributed by atoms with van der Waals surface area (Å²) in [4.78, 5) is 4.81. The van der Waals surface area contributed by atoms with E-state index in [1.165, 1.54) is 79.1 Å². The van der Waals surface area contributed by atoms with Gasteiger partial charge in [0.1, 0.15) is 0 Å². The third kappa shape index (κ3) is 6.51. The van der Waals surface area contributed by atoms with Gasteiger partial charge in [0.2, 0.25) is 0 Å². The molecule has 0 spiro atoms. The van der Waals surface area contributed by atoms with Crippen molar-refractivity contribution >= 4 is 114 Å². The maximum absolute atomic E-state index is 2.61. The first-order valence-electron chi connectivity index (χ1n) is 22.6. The smallest absolute Gasteiger partial charge is 0.0728 e. The molecule has 4 heterocycles. The summed E-state index contributed by atoms with van der Waals surface area (Å²) >= 11 is 3.85. The Morgan fingerprint density at radius 1 is 0.338 bits per heavy atom. The molecule has 8 aromatic carbocycles. The normalized spacial score (nSPS) is 12.5. The van der Waals surface area contributed by atoms with Gasteiger partial charge in [0.25, 0.3) is 0 Å². The van der Waals surface area contributed by atoms with Crippen molar-refractivity contribution in [2.24, 2.45) is 0 Å². The fourth-order valence-electron chi connectivity index (χ4n) is 9.86. The highest BCUT2D eigenvalue weighted by Gasteiger charge is 2.27. The lowest BCUT2D eigenvalue weighted by atomic mass is 9.87. The Hall–Kier alpha value is -6.92. The van der Waals surface area contributed by atoms with Crippen LogP contribution in [0.4, 0.5) is 34.1 Å². The van der Waals surface area contributed by atoms with E-state index in [0.29, 0.717) is 0 Å². The molecule has 0 aliphatic rings. The predicted molar refractivity (Wildman–Crippen MR) is 284 cm³/mol. The van der Waals surface area contributed by atoms with E-state index in [4.69, 9.17) is 0 Å². The van der Waals surface area contributed by atoms with Crippen LogP contribution in [0.25, 0.3) is 68.0 Å². The van der Waals surface area contributed by atoms with Crippen LogP contribution in [0.15, 0.2) is 188 Å². The molecule has 3 nitrogen and oxygen atoms in total. The summed E-state index contributed by atoms with van der Waals surface area (Å²) in [6.45, 7) is 13.7. The Morgan fingerprint density at radius 3 is 1.28 bits per heavy atom. The van der Waals surface area contributed by atoms with Crippen molar-refractivity contribution in [3.05, 3.63) is 199 Å². The average Bonchev–Trinajstić information content (AvgIpc) is 4.05. The third-order valence-electron chi connectivity index (χ3n) is 13.2. The number of para-hydroxylation sites is 2. The quantitative estimate of drug-likeness (QED) is 0.158. The Labute approximate surface area is 388 Å². The van der Waals surface area contributed by atoms with Crippen LogP contribution in [0, 0.1) is 0 Å². The van der Waals surface area contributed by atoms with Gasteiger partial charge in [-0.15, -0.1) is 22.7 Å². The molecule has 0 radical (unpaired) electrons. The summed E-state index contributed by atoms with van der Waals surface area (Å²) in [5.74, 6) is 0. The molecule has 0 atom stereocenters. The van der Waals surface area contributed by atoms with Gasteiger partial charge in [-0.3, -0.25) is 0 Å². The number of hydrogen-bond donors (Lipinski definition) is 0. The number of aromatic nitrogens is 1. The van der Waals surface area contributed by atoms with Crippen molar-refractivity contribution in [3.63, 3.8) is 0 Å². The molecule has 5 heteroatoms. The molecule has 0 aliphatic heterocycles. The summed E-state index contributed by atoms with van der Waals surface area (Å²) in [5.41, 5.74) is 16.1. The maximum Gasteiger partial charge on any atom is 0.0728 e. The minimum atomic E-state index is 0.0311. The van der Waals surface area contributed by atoms with Crippen molar-refractivity contribution < 1.29 is 0 Å². The van der Waals surface area contributed by atoms with Gasteiger partial charge in [0, 0.05) is 65.1 Å². The van der Waals surface area contributed by atoms with Crippen LogP contribution in [0.2, 0.25) is 0 Å². The minimum absolute atomic E-state index is 0.0311. The molecule has 12 aromatic rings. The molecule has 0 saturated carbocycles. The van der Waals surface area contributed by atoms with Gasteiger partial charge in [0.05, 0.1) is 25.9 Å². The van der Waals surface area contributed by atoms with Crippen molar-refractivity contribution in [3.8, 4) is 11.1 Å². The standard InChI is InChI=1S/C60H49N3S2/c1-59(2,3)40-25-27-44(28-26-40)61(42-20-12-8-13-21-42)46-29-31-48-52(36-46)64-57-50-33-39(38-17-10-7-11-18-38)34-51-54(50)63(55(48)57)56-49-32-30-47(37-53(49)65-58(51)56)62(43-22-14-9-15-23-43)45-24-16-19-41(35-45)60(4,5)6/h7-37H,1-6H3. The number of rotatable bonds is 7. The Morgan fingerprint density at radius 2 is 0.769 bits per heavy atom. The van der Waals surface area contributed by atoms with E-state index in [2.05, 4.69) is 244 Å². The topological polar surface area (TPSA) is 10.9 Å². The average molecular weight is 876 g/mol. The van der Waals surface area contributed by atoms with Crippen molar-refractivity contribution in [1.29, 1.82) is 0 Å². The Bertz CT molecular complexity index is 3720. The number of hydrogen-bond acceptors (Lipinski definition) is 4. The summed E-state index contributed by atoms with van der Waals surface area (Å²) in [6.07, 6.45) is 0.